The third-order valence-electron chi connectivity index (χ3n) is 3.33. The number of nitrogens with two attached hydrogens (primary N) is 1. The fourth-order valence-electron chi connectivity index (χ4n) is 2.34. The van der Waals surface area contributed by atoms with E-state index in [0.29, 0.717) is 32.2 Å². The van der Waals surface area contributed by atoms with E-state index in [1.54, 1.807) is 0 Å². The van der Waals surface area contributed by atoms with Crippen molar-refractivity contribution in [3.8, 4) is 0 Å². The van der Waals surface area contributed by atoms with Crippen LogP contribution in [0.5, 0.6) is 0 Å². The van der Waals surface area contributed by atoms with Crippen molar-refractivity contribution in [2.24, 2.45) is 5.73 Å². The second kappa shape index (κ2) is 6.49. The third-order valence-corrected chi connectivity index (χ3v) is 4.64. The van der Waals surface area contributed by atoms with Gasteiger partial charge in [-0.2, -0.15) is 4.31 Å². The van der Waals surface area contributed by atoms with Gasteiger partial charge in [-0.1, -0.05) is 6.42 Å². The molecule has 6 nitrogen and oxygen atoms in total. The average molecular weight is 278 g/mol. The smallest absolute Gasteiger partial charge is 0.305 e. The van der Waals surface area contributed by atoms with Gasteiger partial charge in [-0.05, 0) is 19.3 Å². The van der Waals surface area contributed by atoms with E-state index in [-0.39, 0.29) is 18.1 Å². The highest BCUT2D eigenvalue weighted by Crippen LogP contribution is 2.24. The highest BCUT2D eigenvalue weighted by atomic mass is 32.2. The zero-order valence-corrected chi connectivity index (χ0v) is 11.8. The maximum absolute atomic E-state index is 11.6. The average Bonchev–Trinajstić information content (AvgIpc) is 2.65. The molecule has 0 unspecified atom stereocenters. The van der Waals surface area contributed by atoms with Gasteiger partial charge in [-0.25, -0.2) is 8.42 Å². The Kier molecular flexibility index (Phi) is 5.55. The minimum Gasteiger partial charge on any atom is -0.469 e. The zero-order chi connectivity index (χ0) is 13.8. The molecule has 0 radical (unpaired) electrons. The Morgan fingerprint density at radius 2 is 2.11 bits per heavy atom. The Morgan fingerprint density at radius 1 is 1.44 bits per heavy atom. The van der Waals surface area contributed by atoms with E-state index in [1.807, 2.05) is 0 Å². The van der Waals surface area contributed by atoms with Gasteiger partial charge in [-0.3, -0.25) is 4.79 Å². The quantitative estimate of drug-likeness (QED) is 0.549. The summed E-state index contributed by atoms with van der Waals surface area (Å²) in [6.45, 7) is 0.502. The second-order valence-electron chi connectivity index (χ2n) is 4.72. The Hall–Kier alpha value is -0.660. The van der Waals surface area contributed by atoms with Crippen LogP contribution in [0.2, 0.25) is 0 Å². The minimum atomic E-state index is -3.18. The molecule has 0 aromatic rings. The summed E-state index contributed by atoms with van der Waals surface area (Å²) in [6, 6.07) is -0.226. The van der Waals surface area contributed by atoms with Crippen LogP contribution in [0.3, 0.4) is 0 Å². The number of carbonyl (C=O) groups is 1. The molecule has 106 valence electrons. The van der Waals surface area contributed by atoms with Crippen molar-refractivity contribution in [2.45, 2.75) is 44.2 Å². The summed E-state index contributed by atoms with van der Waals surface area (Å²) in [5.41, 5.74) is 5.94. The number of hydrogen-bond donors (Lipinski definition) is 1. The number of methoxy groups -OCH3 is 1. The van der Waals surface area contributed by atoms with Crippen molar-refractivity contribution in [3.05, 3.63) is 0 Å². The van der Waals surface area contributed by atoms with E-state index in [9.17, 15) is 13.2 Å². The molecule has 0 aliphatic carbocycles. The maximum atomic E-state index is 11.6. The minimum absolute atomic E-state index is 0.0992. The molecule has 0 aromatic heterocycles. The number of rotatable bonds is 6. The van der Waals surface area contributed by atoms with Gasteiger partial charge < -0.3 is 10.5 Å². The molecule has 1 fully saturated rings. The standard InChI is InChI=1S/C11H22N2O4S/c1-17-11(14)6-4-3-5-10-9(12)7-8-13(10)18(2,15)16/h9-10H,3-8,12H2,1-2H3/t9-,10+/m0/s1. The van der Waals surface area contributed by atoms with E-state index in [2.05, 4.69) is 4.74 Å². The summed E-state index contributed by atoms with van der Waals surface area (Å²) in [5.74, 6) is -0.231. The van der Waals surface area contributed by atoms with Gasteiger partial charge >= 0.3 is 5.97 Å². The molecule has 0 amide bonds. The van der Waals surface area contributed by atoms with E-state index in [0.717, 1.165) is 6.42 Å². The fraction of sp³-hybridized carbons (Fsp3) is 0.909. The number of esters is 1. The van der Waals surface area contributed by atoms with Crippen LogP contribution in [0.1, 0.15) is 32.1 Å². The van der Waals surface area contributed by atoms with Gasteiger partial charge in [0.05, 0.1) is 13.4 Å². The molecule has 2 atom stereocenters. The molecular weight excluding hydrogens is 256 g/mol. The first-order valence-electron chi connectivity index (χ1n) is 6.15. The summed E-state index contributed by atoms with van der Waals surface area (Å²) in [7, 11) is -1.82. The fourth-order valence-corrected chi connectivity index (χ4v) is 3.53. The molecule has 0 saturated carbocycles. The summed E-state index contributed by atoms with van der Waals surface area (Å²) in [6.07, 6.45) is 4.47. The SMILES string of the molecule is COC(=O)CCCC[C@@H]1[C@@H](N)CCN1S(C)(=O)=O. The van der Waals surface area contributed by atoms with E-state index >= 15 is 0 Å². The summed E-state index contributed by atoms with van der Waals surface area (Å²) < 4.78 is 29.2. The van der Waals surface area contributed by atoms with Crippen LogP contribution in [0, 0.1) is 0 Å². The van der Waals surface area contributed by atoms with Crippen LogP contribution in [-0.4, -0.2) is 50.7 Å². The normalized spacial score (nSPS) is 25.3. The third kappa shape index (κ3) is 4.22. The lowest BCUT2D eigenvalue weighted by molar-refractivity contribution is -0.140. The lowest BCUT2D eigenvalue weighted by Crippen LogP contribution is -2.42. The Balaban J connectivity index is 2.41. The van der Waals surface area contributed by atoms with Crippen molar-refractivity contribution < 1.29 is 17.9 Å². The molecule has 1 rings (SSSR count). The van der Waals surface area contributed by atoms with Crippen LogP contribution < -0.4 is 5.73 Å². The van der Waals surface area contributed by atoms with Gasteiger partial charge in [0.1, 0.15) is 0 Å². The molecule has 7 heteroatoms. The van der Waals surface area contributed by atoms with Crippen molar-refractivity contribution >= 4 is 16.0 Å². The molecule has 1 heterocycles. The van der Waals surface area contributed by atoms with Crippen LogP contribution in [0.15, 0.2) is 0 Å². The number of hydrogen-bond acceptors (Lipinski definition) is 5. The second-order valence-corrected chi connectivity index (χ2v) is 6.65. The Morgan fingerprint density at radius 3 is 2.67 bits per heavy atom. The zero-order valence-electron chi connectivity index (χ0n) is 11.0. The van der Waals surface area contributed by atoms with Crippen LogP contribution in [0.4, 0.5) is 0 Å². The van der Waals surface area contributed by atoms with Crippen molar-refractivity contribution in [1.82, 2.24) is 4.31 Å². The van der Waals surface area contributed by atoms with E-state index in [1.165, 1.54) is 17.7 Å². The van der Waals surface area contributed by atoms with Crippen molar-refractivity contribution in [3.63, 3.8) is 0 Å². The maximum Gasteiger partial charge on any atom is 0.305 e. The van der Waals surface area contributed by atoms with Crippen LogP contribution in [-0.2, 0) is 19.6 Å². The Bertz CT molecular complexity index is 383. The van der Waals surface area contributed by atoms with Gasteiger partial charge in [0, 0.05) is 25.0 Å². The first-order valence-corrected chi connectivity index (χ1v) is 8.00. The number of unbranched alkanes of at least 4 members (excludes halogenated alkanes) is 1. The highest BCUT2D eigenvalue weighted by molar-refractivity contribution is 7.88. The predicted octanol–water partition coefficient (Wildman–Crippen LogP) is 0.0810. The van der Waals surface area contributed by atoms with Crippen LogP contribution in [0.25, 0.3) is 0 Å². The summed E-state index contributed by atoms with van der Waals surface area (Å²) in [5, 5.41) is 0. The number of ether oxygens (including phenoxy) is 1. The predicted molar refractivity (Wildman–Crippen MR) is 68.4 cm³/mol. The van der Waals surface area contributed by atoms with Crippen LogP contribution >= 0.6 is 0 Å². The number of nitrogens with zero attached hydrogens (tertiary/aromatic N) is 1. The van der Waals surface area contributed by atoms with Crippen molar-refractivity contribution in [1.29, 1.82) is 0 Å². The van der Waals surface area contributed by atoms with Gasteiger partial charge in [0.25, 0.3) is 0 Å². The molecule has 1 aliphatic heterocycles. The van der Waals surface area contributed by atoms with Gasteiger partial charge in [-0.15, -0.1) is 0 Å². The molecule has 2 N–H and O–H groups in total. The van der Waals surface area contributed by atoms with Gasteiger partial charge in [0.15, 0.2) is 0 Å². The lowest BCUT2D eigenvalue weighted by Gasteiger charge is -2.24. The summed E-state index contributed by atoms with van der Waals surface area (Å²) in [4.78, 5) is 10.9. The molecule has 0 bridgehead atoms. The molecule has 0 spiro atoms. The highest BCUT2D eigenvalue weighted by Gasteiger charge is 2.36. The molecule has 1 saturated heterocycles. The first-order chi connectivity index (χ1) is 8.36. The molecule has 0 aromatic carbocycles. The van der Waals surface area contributed by atoms with Crippen molar-refractivity contribution in [2.75, 3.05) is 19.9 Å². The lowest BCUT2D eigenvalue weighted by atomic mass is 10.0. The number of sulfonamides is 1. The topological polar surface area (TPSA) is 89.7 Å². The number of carbonyl (C=O) groups excluding carboxylic acids is 1. The van der Waals surface area contributed by atoms with E-state index < -0.39 is 10.0 Å². The molecular formula is C11H22N2O4S. The largest absolute Gasteiger partial charge is 0.469 e. The summed E-state index contributed by atoms with van der Waals surface area (Å²) >= 11 is 0. The van der Waals surface area contributed by atoms with E-state index in [4.69, 9.17) is 5.73 Å². The Labute approximate surface area is 109 Å². The monoisotopic (exact) mass is 278 g/mol. The molecule has 1 aliphatic rings. The first kappa shape index (κ1) is 15.4. The molecule has 18 heavy (non-hydrogen) atoms. The van der Waals surface area contributed by atoms with Gasteiger partial charge in [0.2, 0.25) is 10.0 Å².